The molecule has 0 N–H and O–H groups in total. The van der Waals surface area contributed by atoms with Gasteiger partial charge in [0.2, 0.25) is 0 Å². The van der Waals surface area contributed by atoms with Crippen molar-refractivity contribution in [3.05, 3.63) is 102 Å². The van der Waals surface area contributed by atoms with Gasteiger partial charge in [0, 0.05) is 11.8 Å². The minimum atomic E-state index is 0.309. The standard InChI is InChI=1S/C30H31N/c1-21-16-22(2)18-28(17-21)29-19-27(14-15-31-29)26-12-10-25(11-13-26)24-8-6-23(7-9-24)20-30(3,4)5/h6-19H,20H2,1-5H3. The number of pyridine rings is 1. The molecule has 31 heavy (non-hydrogen) atoms. The van der Waals surface area contributed by atoms with Gasteiger partial charge in [0.25, 0.3) is 0 Å². The van der Waals surface area contributed by atoms with Gasteiger partial charge in [-0.1, -0.05) is 86.5 Å². The molecule has 0 spiro atoms. The second-order valence-corrected chi connectivity index (χ2v) is 9.82. The lowest BCUT2D eigenvalue weighted by atomic mass is 9.87. The fourth-order valence-electron chi connectivity index (χ4n) is 4.17. The fraction of sp³-hybridized carbons (Fsp3) is 0.233. The maximum atomic E-state index is 4.62. The Bertz CT molecular complexity index is 1160. The number of hydrogen-bond donors (Lipinski definition) is 0. The molecule has 4 rings (SSSR count). The lowest BCUT2D eigenvalue weighted by Gasteiger charge is -2.18. The first-order chi connectivity index (χ1) is 14.8. The molecule has 0 aliphatic rings. The summed E-state index contributed by atoms with van der Waals surface area (Å²) in [6.07, 6.45) is 3.00. The average Bonchev–Trinajstić information content (AvgIpc) is 2.73. The molecule has 3 aromatic carbocycles. The second kappa shape index (κ2) is 8.51. The highest BCUT2D eigenvalue weighted by Gasteiger charge is 2.11. The minimum Gasteiger partial charge on any atom is -0.256 e. The highest BCUT2D eigenvalue weighted by molar-refractivity contribution is 5.73. The van der Waals surface area contributed by atoms with E-state index in [1.54, 1.807) is 0 Å². The predicted octanol–water partition coefficient (Wildman–Crippen LogP) is 8.29. The third-order valence-corrected chi connectivity index (χ3v) is 5.52. The summed E-state index contributed by atoms with van der Waals surface area (Å²) in [5.74, 6) is 0. The Morgan fingerprint density at radius 1 is 0.581 bits per heavy atom. The van der Waals surface area contributed by atoms with Crippen molar-refractivity contribution in [2.45, 2.75) is 41.0 Å². The summed E-state index contributed by atoms with van der Waals surface area (Å²) in [5.41, 5.74) is 11.3. The van der Waals surface area contributed by atoms with E-state index in [0.717, 1.165) is 12.1 Å². The largest absolute Gasteiger partial charge is 0.256 e. The molecule has 0 bridgehead atoms. The molecule has 0 unspecified atom stereocenters. The van der Waals surface area contributed by atoms with E-state index in [1.807, 2.05) is 6.20 Å². The summed E-state index contributed by atoms with van der Waals surface area (Å²) in [5, 5.41) is 0. The number of aryl methyl sites for hydroxylation is 2. The van der Waals surface area contributed by atoms with Crippen molar-refractivity contribution < 1.29 is 0 Å². The highest BCUT2D eigenvalue weighted by Crippen LogP contribution is 2.29. The van der Waals surface area contributed by atoms with E-state index in [9.17, 15) is 0 Å². The topological polar surface area (TPSA) is 12.9 Å². The number of rotatable bonds is 4. The summed E-state index contributed by atoms with van der Waals surface area (Å²) in [6, 6.07) is 28.7. The zero-order valence-corrected chi connectivity index (χ0v) is 19.2. The van der Waals surface area contributed by atoms with E-state index < -0.39 is 0 Å². The quantitative estimate of drug-likeness (QED) is 0.333. The van der Waals surface area contributed by atoms with Gasteiger partial charge >= 0.3 is 0 Å². The third-order valence-electron chi connectivity index (χ3n) is 5.52. The van der Waals surface area contributed by atoms with Gasteiger partial charge in [0.05, 0.1) is 5.69 Å². The molecule has 0 radical (unpaired) electrons. The molecule has 1 aromatic heterocycles. The van der Waals surface area contributed by atoms with Crippen LogP contribution in [0.2, 0.25) is 0 Å². The van der Waals surface area contributed by atoms with E-state index in [1.165, 1.54) is 44.5 Å². The molecule has 0 aliphatic carbocycles. The Morgan fingerprint density at radius 3 is 1.65 bits per heavy atom. The second-order valence-electron chi connectivity index (χ2n) is 9.82. The van der Waals surface area contributed by atoms with E-state index in [2.05, 4.69) is 118 Å². The minimum absolute atomic E-state index is 0.309. The van der Waals surface area contributed by atoms with Crippen molar-refractivity contribution >= 4 is 0 Å². The summed E-state index contributed by atoms with van der Waals surface area (Å²) < 4.78 is 0. The van der Waals surface area contributed by atoms with Crippen molar-refractivity contribution in [2.24, 2.45) is 5.41 Å². The van der Waals surface area contributed by atoms with Crippen LogP contribution >= 0.6 is 0 Å². The average molecular weight is 406 g/mol. The van der Waals surface area contributed by atoms with Crippen LogP contribution in [0.5, 0.6) is 0 Å². The lowest BCUT2D eigenvalue weighted by molar-refractivity contribution is 0.411. The van der Waals surface area contributed by atoms with Gasteiger partial charge in [-0.2, -0.15) is 0 Å². The SMILES string of the molecule is Cc1cc(C)cc(-c2cc(-c3ccc(-c4ccc(CC(C)(C)C)cc4)cc3)ccn2)c1. The molecule has 1 heterocycles. The maximum absolute atomic E-state index is 4.62. The highest BCUT2D eigenvalue weighted by atomic mass is 14.7. The van der Waals surface area contributed by atoms with Crippen molar-refractivity contribution in [2.75, 3.05) is 0 Å². The van der Waals surface area contributed by atoms with Crippen molar-refractivity contribution in [1.82, 2.24) is 4.98 Å². The van der Waals surface area contributed by atoms with E-state index >= 15 is 0 Å². The van der Waals surface area contributed by atoms with E-state index in [0.29, 0.717) is 5.41 Å². The molecule has 4 aromatic rings. The summed E-state index contributed by atoms with van der Waals surface area (Å²) in [7, 11) is 0. The van der Waals surface area contributed by atoms with Crippen molar-refractivity contribution in [3.8, 4) is 33.5 Å². The number of benzene rings is 3. The Labute approximate surface area is 186 Å². The molecule has 156 valence electrons. The molecule has 0 aliphatic heterocycles. The maximum Gasteiger partial charge on any atom is 0.0708 e. The van der Waals surface area contributed by atoms with Gasteiger partial charge < -0.3 is 0 Å². The molecular formula is C30H31N. The smallest absolute Gasteiger partial charge is 0.0708 e. The van der Waals surface area contributed by atoms with E-state index in [-0.39, 0.29) is 0 Å². The number of aromatic nitrogens is 1. The van der Waals surface area contributed by atoms with Gasteiger partial charge in [0.1, 0.15) is 0 Å². The molecule has 0 fully saturated rings. The molecule has 1 heteroatoms. The summed E-state index contributed by atoms with van der Waals surface area (Å²) in [4.78, 5) is 4.62. The summed E-state index contributed by atoms with van der Waals surface area (Å²) in [6.45, 7) is 11.1. The van der Waals surface area contributed by atoms with Gasteiger partial charge in [0.15, 0.2) is 0 Å². The van der Waals surface area contributed by atoms with Crippen LogP contribution in [0.3, 0.4) is 0 Å². The molecule has 0 atom stereocenters. The fourth-order valence-corrected chi connectivity index (χ4v) is 4.17. The molecule has 0 saturated heterocycles. The van der Waals surface area contributed by atoms with Gasteiger partial charge in [-0.05, 0) is 77.8 Å². The van der Waals surface area contributed by atoms with Crippen LogP contribution in [0.15, 0.2) is 85.1 Å². The monoisotopic (exact) mass is 405 g/mol. The summed E-state index contributed by atoms with van der Waals surface area (Å²) >= 11 is 0. The Balaban J connectivity index is 1.57. The van der Waals surface area contributed by atoms with Crippen LogP contribution in [-0.2, 0) is 6.42 Å². The van der Waals surface area contributed by atoms with Crippen LogP contribution in [0, 0.1) is 19.3 Å². The van der Waals surface area contributed by atoms with Crippen LogP contribution in [0.1, 0.15) is 37.5 Å². The number of nitrogens with zero attached hydrogens (tertiary/aromatic N) is 1. The van der Waals surface area contributed by atoms with Crippen molar-refractivity contribution in [1.29, 1.82) is 0 Å². The van der Waals surface area contributed by atoms with Gasteiger partial charge in [-0.15, -0.1) is 0 Å². The normalized spacial score (nSPS) is 11.5. The first-order valence-corrected chi connectivity index (χ1v) is 11.0. The van der Waals surface area contributed by atoms with Crippen LogP contribution in [0.4, 0.5) is 0 Å². The first kappa shape index (κ1) is 21.1. The Hall–Kier alpha value is -3.19. The van der Waals surface area contributed by atoms with E-state index in [4.69, 9.17) is 0 Å². The Morgan fingerprint density at radius 2 is 1.10 bits per heavy atom. The molecular weight excluding hydrogens is 374 g/mol. The van der Waals surface area contributed by atoms with Gasteiger partial charge in [-0.25, -0.2) is 0 Å². The van der Waals surface area contributed by atoms with Crippen LogP contribution in [0.25, 0.3) is 33.5 Å². The first-order valence-electron chi connectivity index (χ1n) is 11.0. The van der Waals surface area contributed by atoms with Crippen LogP contribution < -0.4 is 0 Å². The zero-order chi connectivity index (χ0) is 22.0. The van der Waals surface area contributed by atoms with Crippen LogP contribution in [-0.4, -0.2) is 4.98 Å². The number of hydrogen-bond acceptors (Lipinski definition) is 1. The lowest BCUT2D eigenvalue weighted by Crippen LogP contribution is -2.08. The molecule has 0 saturated carbocycles. The van der Waals surface area contributed by atoms with Gasteiger partial charge in [-0.3, -0.25) is 4.98 Å². The predicted molar refractivity (Wildman–Crippen MR) is 133 cm³/mol. The third kappa shape index (κ3) is 5.30. The molecule has 0 amide bonds. The molecule has 1 nitrogen and oxygen atoms in total. The zero-order valence-electron chi connectivity index (χ0n) is 19.2. The Kier molecular flexibility index (Phi) is 5.78. The van der Waals surface area contributed by atoms with Crippen molar-refractivity contribution in [3.63, 3.8) is 0 Å².